The smallest absolute Gasteiger partial charge is 0.254 e. The molecule has 20 heavy (non-hydrogen) atoms. The lowest BCUT2D eigenvalue weighted by molar-refractivity contribution is -0.0752. The second-order valence-electron chi connectivity index (χ2n) is 5.49. The maximum absolute atomic E-state index is 12.7. The molecule has 0 unspecified atom stereocenters. The Hall–Kier alpha value is -1.55. The van der Waals surface area contributed by atoms with Crippen LogP contribution in [-0.2, 0) is 4.74 Å². The van der Waals surface area contributed by atoms with Gasteiger partial charge in [-0.05, 0) is 37.1 Å². The molecule has 108 valence electrons. The van der Waals surface area contributed by atoms with Crippen molar-refractivity contribution in [1.29, 1.82) is 0 Å². The summed E-state index contributed by atoms with van der Waals surface area (Å²) in [5.74, 6) is 0.895. The van der Waals surface area contributed by atoms with E-state index in [0.717, 1.165) is 24.2 Å². The van der Waals surface area contributed by atoms with Gasteiger partial charge in [-0.1, -0.05) is 12.8 Å². The van der Waals surface area contributed by atoms with Crippen molar-refractivity contribution in [2.75, 3.05) is 20.3 Å². The second-order valence-corrected chi connectivity index (χ2v) is 5.49. The Morgan fingerprint density at radius 2 is 2.00 bits per heavy atom. The van der Waals surface area contributed by atoms with Crippen molar-refractivity contribution in [2.45, 2.75) is 37.8 Å². The van der Waals surface area contributed by atoms with E-state index in [0.29, 0.717) is 13.2 Å². The van der Waals surface area contributed by atoms with E-state index in [1.807, 2.05) is 29.2 Å². The van der Waals surface area contributed by atoms with Crippen molar-refractivity contribution < 1.29 is 14.3 Å². The van der Waals surface area contributed by atoms with Crippen LogP contribution >= 0.6 is 0 Å². The van der Waals surface area contributed by atoms with Gasteiger partial charge in [0.15, 0.2) is 0 Å². The molecule has 1 heterocycles. The van der Waals surface area contributed by atoms with Crippen molar-refractivity contribution in [3.63, 3.8) is 0 Å². The van der Waals surface area contributed by atoms with Crippen LogP contribution in [0.1, 0.15) is 36.0 Å². The van der Waals surface area contributed by atoms with Gasteiger partial charge in [0.05, 0.1) is 25.9 Å². The van der Waals surface area contributed by atoms with Gasteiger partial charge >= 0.3 is 0 Å². The Balaban J connectivity index is 1.77. The summed E-state index contributed by atoms with van der Waals surface area (Å²) in [5.41, 5.74) is 0.733. The number of hydrogen-bond acceptors (Lipinski definition) is 3. The molecule has 2 aliphatic rings. The number of carbonyl (C=O) groups is 1. The molecule has 0 radical (unpaired) electrons. The molecule has 1 aromatic rings. The summed E-state index contributed by atoms with van der Waals surface area (Å²) in [4.78, 5) is 14.7. The summed E-state index contributed by atoms with van der Waals surface area (Å²) in [7, 11) is 1.63. The van der Waals surface area contributed by atoms with E-state index in [9.17, 15) is 4.79 Å². The van der Waals surface area contributed by atoms with Gasteiger partial charge in [-0.2, -0.15) is 0 Å². The van der Waals surface area contributed by atoms with Gasteiger partial charge in [0.2, 0.25) is 0 Å². The molecule has 1 aliphatic carbocycles. The third-order valence-electron chi connectivity index (χ3n) is 4.33. The van der Waals surface area contributed by atoms with Crippen LogP contribution in [-0.4, -0.2) is 43.2 Å². The molecule has 1 amide bonds. The van der Waals surface area contributed by atoms with E-state index in [4.69, 9.17) is 9.47 Å². The molecule has 4 heteroatoms. The first-order chi connectivity index (χ1) is 9.79. The zero-order valence-electron chi connectivity index (χ0n) is 11.9. The number of methoxy groups -OCH3 is 1. The van der Waals surface area contributed by atoms with E-state index in [-0.39, 0.29) is 18.1 Å². The summed E-state index contributed by atoms with van der Waals surface area (Å²) < 4.78 is 11.0. The van der Waals surface area contributed by atoms with Crippen molar-refractivity contribution in [3.8, 4) is 5.75 Å². The fraction of sp³-hybridized carbons (Fsp3) is 0.562. The highest BCUT2D eigenvalue weighted by Crippen LogP contribution is 2.29. The van der Waals surface area contributed by atoms with Crippen LogP contribution in [0.15, 0.2) is 24.3 Å². The molecular weight excluding hydrogens is 254 g/mol. The minimum Gasteiger partial charge on any atom is -0.497 e. The SMILES string of the molecule is COc1ccc(C(=O)N2CCO[C@@H]3CCCC[C@@H]32)cc1. The number of fused-ring (bicyclic) bond motifs is 1. The highest BCUT2D eigenvalue weighted by atomic mass is 16.5. The van der Waals surface area contributed by atoms with Crippen LogP contribution in [0.4, 0.5) is 0 Å². The van der Waals surface area contributed by atoms with Crippen LogP contribution in [0.25, 0.3) is 0 Å². The molecule has 1 aromatic carbocycles. The molecule has 0 bridgehead atoms. The Morgan fingerprint density at radius 3 is 2.75 bits per heavy atom. The molecule has 4 nitrogen and oxygen atoms in total. The van der Waals surface area contributed by atoms with E-state index < -0.39 is 0 Å². The van der Waals surface area contributed by atoms with Crippen molar-refractivity contribution in [1.82, 2.24) is 4.90 Å². The molecule has 1 saturated carbocycles. The Morgan fingerprint density at radius 1 is 1.25 bits per heavy atom. The van der Waals surface area contributed by atoms with Gasteiger partial charge in [0.25, 0.3) is 5.91 Å². The standard InChI is InChI=1S/C16H21NO3/c1-19-13-8-6-12(7-9-13)16(18)17-10-11-20-15-5-3-2-4-14(15)17/h6-9,14-15H,2-5,10-11H2,1H3/t14-,15+/m0/s1. The zero-order chi connectivity index (χ0) is 13.9. The average molecular weight is 275 g/mol. The van der Waals surface area contributed by atoms with Crippen molar-refractivity contribution in [2.24, 2.45) is 0 Å². The lowest BCUT2D eigenvalue weighted by Gasteiger charge is -2.43. The fourth-order valence-corrected chi connectivity index (χ4v) is 3.25. The maximum atomic E-state index is 12.7. The lowest BCUT2D eigenvalue weighted by Crippen LogP contribution is -2.54. The first-order valence-corrected chi connectivity index (χ1v) is 7.36. The number of morpholine rings is 1. The summed E-state index contributed by atoms with van der Waals surface area (Å²) in [6, 6.07) is 7.62. The van der Waals surface area contributed by atoms with Crippen molar-refractivity contribution >= 4 is 5.91 Å². The molecule has 2 fully saturated rings. The molecule has 1 saturated heterocycles. The van der Waals surface area contributed by atoms with Gasteiger partial charge in [0, 0.05) is 12.1 Å². The van der Waals surface area contributed by atoms with Gasteiger partial charge < -0.3 is 14.4 Å². The molecule has 0 N–H and O–H groups in total. The molecule has 0 aromatic heterocycles. The number of carbonyl (C=O) groups excluding carboxylic acids is 1. The quantitative estimate of drug-likeness (QED) is 0.832. The number of nitrogens with zero attached hydrogens (tertiary/aromatic N) is 1. The largest absolute Gasteiger partial charge is 0.497 e. The van der Waals surface area contributed by atoms with Gasteiger partial charge in [-0.15, -0.1) is 0 Å². The topological polar surface area (TPSA) is 38.8 Å². The van der Waals surface area contributed by atoms with Crippen molar-refractivity contribution in [3.05, 3.63) is 29.8 Å². The number of amides is 1. The van der Waals surface area contributed by atoms with Gasteiger partial charge in [-0.25, -0.2) is 0 Å². The maximum Gasteiger partial charge on any atom is 0.254 e. The van der Waals surface area contributed by atoms with Crippen LogP contribution < -0.4 is 4.74 Å². The summed E-state index contributed by atoms with van der Waals surface area (Å²) >= 11 is 0. The normalized spacial score (nSPS) is 25.9. The van der Waals surface area contributed by atoms with Crippen LogP contribution in [0.2, 0.25) is 0 Å². The molecule has 0 spiro atoms. The number of ether oxygens (including phenoxy) is 2. The lowest BCUT2D eigenvalue weighted by atomic mass is 9.89. The summed E-state index contributed by atoms with van der Waals surface area (Å²) in [6.07, 6.45) is 4.78. The van der Waals surface area contributed by atoms with E-state index >= 15 is 0 Å². The number of rotatable bonds is 2. The third-order valence-corrected chi connectivity index (χ3v) is 4.33. The van der Waals surface area contributed by atoms with Crippen LogP contribution in [0.5, 0.6) is 5.75 Å². The highest BCUT2D eigenvalue weighted by Gasteiger charge is 2.36. The monoisotopic (exact) mass is 275 g/mol. The third kappa shape index (κ3) is 2.52. The minimum atomic E-state index is 0.118. The van der Waals surface area contributed by atoms with E-state index in [1.165, 1.54) is 12.8 Å². The first kappa shape index (κ1) is 13.4. The Kier molecular flexibility index (Phi) is 3.92. The number of benzene rings is 1. The van der Waals surface area contributed by atoms with Gasteiger partial charge in [-0.3, -0.25) is 4.79 Å². The Labute approximate surface area is 119 Å². The van der Waals surface area contributed by atoms with E-state index in [1.54, 1.807) is 7.11 Å². The summed E-state index contributed by atoms with van der Waals surface area (Å²) in [6.45, 7) is 1.36. The van der Waals surface area contributed by atoms with Gasteiger partial charge in [0.1, 0.15) is 5.75 Å². The zero-order valence-corrected chi connectivity index (χ0v) is 11.9. The minimum absolute atomic E-state index is 0.118. The van der Waals surface area contributed by atoms with E-state index in [2.05, 4.69) is 0 Å². The predicted molar refractivity (Wildman–Crippen MR) is 76.0 cm³/mol. The second kappa shape index (κ2) is 5.83. The molecule has 3 rings (SSSR count). The van der Waals surface area contributed by atoms with Crippen LogP contribution in [0, 0.1) is 0 Å². The average Bonchev–Trinajstić information content (AvgIpc) is 2.54. The summed E-state index contributed by atoms with van der Waals surface area (Å²) in [5, 5.41) is 0. The molecule has 2 atom stereocenters. The molecular formula is C16H21NO3. The first-order valence-electron chi connectivity index (χ1n) is 7.36. The predicted octanol–water partition coefficient (Wildman–Crippen LogP) is 2.48. The fourth-order valence-electron chi connectivity index (χ4n) is 3.25. The highest BCUT2D eigenvalue weighted by molar-refractivity contribution is 5.94. The molecule has 1 aliphatic heterocycles. The number of hydrogen-bond donors (Lipinski definition) is 0. The Bertz CT molecular complexity index is 469. The van der Waals surface area contributed by atoms with Crippen LogP contribution in [0.3, 0.4) is 0 Å².